The van der Waals surface area contributed by atoms with Crippen molar-refractivity contribution in [3.05, 3.63) is 58.1 Å². The van der Waals surface area contributed by atoms with Crippen molar-refractivity contribution in [2.24, 2.45) is 0 Å². The lowest BCUT2D eigenvalue weighted by molar-refractivity contribution is -0.117. The van der Waals surface area contributed by atoms with Gasteiger partial charge in [-0.2, -0.15) is 0 Å². The summed E-state index contributed by atoms with van der Waals surface area (Å²) < 4.78 is 0. The molecule has 0 unspecified atom stereocenters. The van der Waals surface area contributed by atoms with Gasteiger partial charge in [-0.25, -0.2) is 0 Å². The molecule has 118 valence electrons. The molecule has 4 nitrogen and oxygen atoms in total. The number of carbonyl (C=O) groups is 2. The standard InChI is InChI=1S/C19H20N2O2/c1-11-7-12(2)18(13(3)8-11)19(23)20-15-5-6-16-14(9-15)10-17(22)21(16)4/h5-9H,10H2,1-4H3,(H,20,23). The van der Waals surface area contributed by atoms with Crippen molar-refractivity contribution in [3.63, 3.8) is 0 Å². The highest BCUT2D eigenvalue weighted by Crippen LogP contribution is 2.30. The van der Waals surface area contributed by atoms with Gasteiger partial charge in [0, 0.05) is 24.0 Å². The maximum Gasteiger partial charge on any atom is 0.256 e. The Labute approximate surface area is 136 Å². The van der Waals surface area contributed by atoms with Gasteiger partial charge < -0.3 is 10.2 Å². The molecule has 0 spiro atoms. The third-order valence-corrected chi connectivity index (χ3v) is 4.32. The third kappa shape index (κ3) is 2.72. The monoisotopic (exact) mass is 308 g/mol. The number of rotatable bonds is 2. The summed E-state index contributed by atoms with van der Waals surface area (Å²) in [6.07, 6.45) is 0.387. The van der Waals surface area contributed by atoms with Crippen LogP contribution >= 0.6 is 0 Å². The molecular formula is C19H20N2O2. The average molecular weight is 308 g/mol. The Hall–Kier alpha value is -2.62. The molecule has 1 heterocycles. The Morgan fingerprint density at radius 1 is 1.09 bits per heavy atom. The van der Waals surface area contributed by atoms with Crippen LogP contribution in [-0.4, -0.2) is 18.9 Å². The van der Waals surface area contributed by atoms with Gasteiger partial charge in [0.05, 0.1) is 6.42 Å². The first-order chi connectivity index (χ1) is 10.9. The van der Waals surface area contributed by atoms with Crippen molar-refractivity contribution in [1.82, 2.24) is 0 Å². The van der Waals surface area contributed by atoms with E-state index in [9.17, 15) is 9.59 Å². The Balaban J connectivity index is 1.88. The van der Waals surface area contributed by atoms with Crippen LogP contribution in [0.4, 0.5) is 11.4 Å². The van der Waals surface area contributed by atoms with Crippen molar-refractivity contribution in [2.75, 3.05) is 17.3 Å². The first kappa shape index (κ1) is 15.3. The third-order valence-electron chi connectivity index (χ3n) is 4.32. The minimum atomic E-state index is -0.113. The number of amides is 2. The van der Waals surface area contributed by atoms with Gasteiger partial charge in [-0.15, -0.1) is 0 Å². The van der Waals surface area contributed by atoms with Gasteiger partial charge in [-0.3, -0.25) is 9.59 Å². The number of nitrogens with zero attached hydrogens (tertiary/aromatic N) is 1. The number of fused-ring (bicyclic) bond motifs is 1. The predicted octanol–water partition coefficient (Wildman–Crippen LogP) is 3.38. The van der Waals surface area contributed by atoms with Gasteiger partial charge in [-0.1, -0.05) is 17.7 Å². The summed E-state index contributed by atoms with van der Waals surface area (Å²) >= 11 is 0. The summed E-state index contributed by atoms with van der Waals surface area (Å²) in [6, 6.07) is 9.62. The van der Waals surface area contributed by atoms with Crippen LogP contribution in [0.15, 0.2) is 30.3 Å². The summed E-state index contributed by atoms with van der Waals surface area (Å²) in [4.78, 5) is 26.0. The fourth-order valence-electron chi connectivity index (χ4n) is 3.28. The summed E-state index contributed by atoms with van der Waals surface area (Å²) in [6.45, 7) is 5.92. The van der Waals surface area contributed by atoms with Gasteiger partial charge in [0.2, 0.25) is 5.91 Å². The number of nitrogens with one attached hydrogen (secondary N) is 1. The molecule has 1 N–H and O–H groups in total. The predicted molar refractivity (Wildman–Crippen MR) is 92.2 cm³/mol. The van der Waals surface area contributed by atoms with E-state index in [2.05, 4.69) is 5.32 Å². The van der Waals surface area contributed by atoms with Crippen LogP contribution in [0.1, 0.15) is 32.6 Å². The zero-order valence-corrected chi connectivity index (χ0v) is 13.9. The summed E-state index contributed by atoms with van der Waals surface area (Å²) in [5, 5.41) is 2.95. The second-order valence-electron chi connectivity index (χ2n) is 6.20. The van der Waals surface area contributed by atoms with Crippen molar-refractivity contribution >= 4 is 23.2 Å². The van der Waals surface area contributed by atoms with E-state index in [1.165, 1.54) is 0 Å². The lowest BCUT2D eigenvalue weighted by Crippen LogP contribution is -2.20. The van der Waals surface area contributed by atoms with E-state index < -0.39 is 0 Å². The highest BCUT2D eigenvalue weighted by molar-refractivity contribution is 6.07. The molecule has 2 aromatic rings. The molecule has 0 fully saturated rings. The zero-order valence-electron chi connectivity index (χ0n) is 13.9. The molecule has 4 heteroatoms. The molecule has 0 bridgehead atoms. The summed E-state index contributed by atoms with van der Waals surface area (Å²) in [7, 11) is 1.77. The summed E-state index contributed by atoms with van der Waals surface area (Å²) in [5.74, 6) is -0.0358. The fourth-order valence-corrected chi connectivity index (χ4v) is 3.28. The van der Waals surface area contributed by atoms with Gasteiger partial charge in [-0.05, 0) is 55.7 Å². The topological polar surface area (TPSA) is 49.4 Å². The molecule has 0 radical (unpaired) electrons. The molecule has 2 aromatic carbocycles. The van der Waals surface area contributed by atoms with Gasteiger partial charge in [0.1, 0.15) is 0 Å². The number of anilines is 2. The highest BCUT2D eigenvalue weighted by Gasteiger charge is 2.24. The van der Waals surface area contributed by atoms with Crippen LogP contribution in [0.3, 0.4) is 0 Å². The molecule has 2 amide bonds. The molecule has 1 aliphatic heterocycles. The fraction of sp³-hybridized carbons (Fsp3) is 0.263. The molecule has 0 aromatic heterocycles. The van der Waals surface area contributed by atoms with Crippen molar-refractivity contribution in [1.29, 1.82) is 0 Å². The lowest BCUT2D eigenvalue weighted by Gasteiger charge is -2.13. The molecule has 23 heavy (non-hydrogen) atoms. The van der Waals surface area contributed by atoms with Crippen molar-refractivity contribution in [3.8, 4) is 0 Å². The minimum Gasteiger partial charge on any atom is -0.322 e. The maximum atomic E-state index is 12.6. The van der Waals surface area contributed by atoms with Crippen LogP contribution in [0, 0.1) is 20.8 Å². The number of likely N-dealkylation sites (N-methyl/N-ethyl adjacent to an activating group) is 1. The molecule has 0 saturated carbocycles. The molecule has 0 aliphatic carbocycles. The Kier molecular flexibility index (Phi) is 3.68. The summed E-state index contributed by atoms with van der Waals surface area (Å²) in [5.41, 5.74) is 6.38. The van der Waals surface area contributed by atoms with E-state index in [1.54, 1.807) is 11.9 Å². The van der Waals surface area contributed by atoms with Crippen LogP contribution < -0.4 is 10.2 Å². The maximum absolute atomic E-state index is 12.6. The average Bonchev–Trinajstić information content (AvgIpc) is 2.72. The van der Waals surface area contributed by atoms with E-state index in [0.29, 0.717) is 12.0 Å². The van der Waals surface area contributed by atoms with Crippen LogP contribution in [0.25, 0.3) is 0 Å². The Morgan fingerprint density at radius 3 is 2.39 bits per heavy atom. The molecular weight excluding hydrogens is 288 g/mol. The smallest absolute Gasteiger partial charge is 0.256 e. The highest BCUT2D eigenvalue weighted by atomic mass is 16.2. The Morgan fingerprint density at radius 2 is 1.74 bits per heavy atom. The van der Waals surface area contributed by atoms with Crippen molar-refractivity contribution in [2.45, 2.75) is 27.2 Å². The largest absolute Gasteiger partial charge is 0.322 e. The lowest BCUT2D eigenvalue weighted by atomic mass is 9.99. The van der Waals surface area contributed by atoms with Crippen LogP contribution in [-0.2, 0) is 11.2 Å². The SMILES string of the molecule is Cc1cc(C)c(C(=O)Nc2ccc3c(c2)CC(=O)N3C)c(C)c1. The zero-order chi connectivity index (χ0) is 16.7. The number of carbonyl (C=O) groups excluding carboxylic acids is 2. The van der Waals surface area contributed by atoms with Crippen LogP contribution in [0.5, 0.6) is 0 Å². The first-order valence-corrected chi connectivity index (χ1v) is 7.65. The number of aryl methyl sites for hydroxylation is 3. The normalized spacial score (nSPS) is 13.2. The number of hydrogen-bond acceptors (Lipinski definition) is 2. The molecule has 1 aliphatic rings. The van der Waals surface area contributed by atoms with Crippen molar-refractivity contribution < 1.29 is 9.59 Å². The van der Waals surface area contributed by atoms with Gasteiger partial charge in [0.15, 0.2) is 0 Å². The number of benzene rings is 2. The van der Waals surface area contributed by atoms with E-state index in [-0.39, 0.29) is 11.8 Å². The molecule has 3 rings (SSSR count). The van der Waals surface area contributed by atoms with Gasteiger partial charge in [0.25, 0.3) is 5.91 Å². The van der Waals surface area contributed by atoms with E-state index in [1.807, 2.05) is 51.1 Å². The quantitative estimate of drug-likeness (QED) is 0.924. The second kappa shape index (κ2) is 5.54. The Bertz CT molecular complexity index is 801. The van der Waals surface area contributed by atoms with Gasteiger partial charge >= 0.3 is 0 Å². The molecule has 0 atom stereocenters. The van der Waals surface area contributed by atoms with Crippen LogP contribution in [0.2, 0.25) is 0 Å². The van der Waals surface area contributed by atoms with E-state index in [0.717, 1.165) is 33.6 Å². The second-order valence-corrected chi connectivity index (χ2v) is 6.20. The first-order valence-electron chi connectivity index (χ1n) is 7.65. The van der Waals surface area contributed by atoms with E-state index >= 15 is 0 Å². The van der Waals surface area contributed by atoms with E-state index in [4.69, 9.17) is 0 Å². The minimum absolute atomic E-state index is 0.0775. The molecule has 0 saturated heterocycles. The number of hydrogen-bond donors (Lipinski definition) is 1.